The van der Waals surface area contributed by atoms with Crippen LogP contribution in [0.3, 0.4) is 0 Å². The number of hydrogen-bond acceptors (Lipinski definition) is 3. The van der Waals surface area contributed by atoms with E-state index in [1.807, 2.05) is 6.07 Å². The van der Waals surface area contributed by atoms with Gasteiger partial charge in [0, 0.05) is 6.20 Å². The van der Waals surface area contributed by atoms with Crippen LogP contribution in [0, 0.1) is 23.2 Å². The number of aromatic nitrogens is 1. The lowest BCUT2D eigenvalue weighted by atomic mass is 10.0. The predicted octanol–water partition coefficient (Wildman–Crippen LogP) is 3.76. The maximum Gasteiger partial charge on any atom is 0.144 e. The largest absolute Gasteiger partial charge is 0.362 e. The third-order valence-electron chi connectivity index (χ3n) is 3.98. The smallest absolute Gasteiger partial charge is 0.144 e. The Kier molecular flexibility index (Phi) is 3.39. The summed E-state index contributed by atoms with van der Waals surface area (Å²) in [5.41, 5.74) is 1.86. The summed E-state index contributed by atoms with van der Waals surface area (Å²) in [7, 11) is 0. The van der Waals surface area contributed by atoms with E-state index in [1.165, 1.54) is 12.0 Å². The Labute approximate surface area is 119 Å². The van der Waals surface area contributed by atoms with E-state index in [0.29, 0.717) is 17.3 Å². The predicted molar refractivity (Wildman–Crippen MR) is 79.0 cm³/mol. The zero-order chi connectivity index (χ0) is 13.9. The molecule has 1 aliphatic carbocycles. The van der Waals surface area contributed by atoms with Crippen molar-refractivity contribution in [2.45, 2.75) is 19.4 Å². The number of nitrogens with zero attached hydrogens (tertiary/aromatic N) is 2. The van der Waals surface area contributed by atoms with Crippen molar-refractivity contribution in [3.8, 4) is 6.07 Å². The molecule has 1 aromatic carbocycles. The van der Waals surface area contributed by atoms with Gasteiger partial charge in [0.1, 0.15) is 11.9 Å². The average molecular weight is 263 g/mol. The molecule has 1 aromatic heterocycles. The van der Waals surface area contributed by atoms with Gasteiger partial charge in [0.2, 0.25) is 0 Å². The Hall–Kier alpha value is -2.34. The van der Waals surface area contributed by atoms with Crippen molar-refractivity contribution in [1.82, 2.24) is 4.98 Å². The molecule has 3 nitrogen and oxygen atoms in total. The van der Waals surface area contributed by atoms with Gasteiger partial charge in [-0.2, -0.15) is 5.26 Å². The monoisotopic (exact) mass is 263 g/mol. The molecule has 1 fully saturated rings. The van der Waals surface area contributed by atoms with Gasteiger partial charge in [0.15, 0.2) is 0 Å². The number of nitriles is 1. The minimum atomic E-state index is 0.230. The third-order valence-corrected chi connectivity index (χ3v) is 3.98. The molecule has 0 radical (unpaired) electrons. The molecule has 1 heterocycles. The highest BCUT2D eigenvalue weighted by Gasteiger charge is 2.40. The lowest BCUT2D eigenvalue weighted by Gasteiger charge is -2.20. The summed E-state index contributed by atoms with van der Waals surface area (Å²) in [5.74, 6) is 2.02. The van der Waals surface area contributed by atoms with Gasteiger partial charge in [0.25, 0.3) is 0 Å². The number of nitrogens with one attached hydrogen (secondary N) is 1. The van der Waals surface area contributed by atoms with Gasteiger partial charge >= 0.3 is 0 Å². The van der Waals surface area contributed by atoms with Crippen LogP contribution in [0.5, 0.6) is 0 Å². The lowest BCUT2D eigenvalue weighted by Crippen LogP contribution is -2.15. The standard InChI is InChI=1S/C17H17N3/c1-12-10-15(12)16(13-6-3-2-4-7-13)20-17-14(11-18)8-5-9-19-17/h2-9,12,15-16H,10H2,1H3,(H,19,20). The first-order chi connectivity index (χ1) is 9.79. The Morgan fingerprint density at radius 1 is 1.25 bits per heavy atom. The van der Waals surface area contributed by atoms with Crippen molar-refractivity contribution in [2.24, 2.45) is 11.8 Å². The molecule has 0 aliphatic heterocycles. The van der Waals surface area contributed by atoms with E-state index in [9.17, 15) is 5.26 Å². The molecule has 20 heavy (non-hydrogen) atoms. The van der Waals surface area contributed by atoms with E-state index in [4.69, 9.17) is 0 Å². The van der Waals surface area contributed by atoms with Crippen molar-refractivity contribution in [3.63, 3.8) is 0 Å². The zero-order valence-corrected chi connectivity index (χ0v) is 11.5. The summed E-state index contributed by atoms with van der Waals surface area (Å²) < 4.78 is 0. The van der Waals surface area contributed by atoms with Crippen molar-refractivity contribution < 1.29 is 0 Å². The number of rotatable bonds is 4. The Bertz CT molecular complexity index is 630. The second kappa shape index (κ2) is 5.34. The summed E-state index contributed by atoms with van der Waals surface area (Å²) in [6, 6.07) is 16.4. The van der Waals surface area contributed by atoms with Gasteiger partial charge < -0.3 is 5.32 Å². The maximum absolute atomic E-state index is 9.18. The summed E-state index contributed by atoms with van der Waals surface area (Å²) in [4.78, 5) is 4.32. The van der Waals surface area contributed by atoms with Crippen molar-refractivity contribution in [2.75, 3.05) is 5.32 Å². The molecular formula is C17H17N3. The second-order valence-electron chi connectivity index (χ2n) is 5.42. The molecule has 1 aliphatic rings. The van der Waals surface area contributed by atoms with Gasteiger partial charge in [-0.15, -0.1) is 0 Å². The molecular weight excluding hydrogens is 246 g/mol. The molecule has 3 unspecified atom stereocenters. The molecule has 3 atom stereocenters. The highest BCUT2D eigenvalue weighted by Crippen LogP contribution is 2.48. The first-order valence-electron chi connectivity index (χ1n) is 6.96. The fourth-order valence-corrected chi connectivity index (χ4v) is 2.67. The van der Waals surface area contributed by atoms with E-state index in [-0.39, 0.29) is 6.04 Å². The van der Waals surface area contributed by atoms with Crippen LogP contribution in [-0.2, 0) is 0 Å². The molecule has 1 N–H and O–H groups in total. The van der Waals surface area contributed by atoms with Crippen LogP contribution in [-0.4, -0.2) is 4.98 Å². The number of pyridine rings is 1. The highest BCUT2D eigenvalue weighted by molar-refractivity contribution is 5.53. The summed E-state index contributed by atoms with van der Waals surface area (Å²) in [5, 5.41) is 12.7. The molecule has 3 rings (SSSR count). The van der Waals surface area contributed by atoms with Crippen LogP contribution >= 0.6 is 0 Å². The zero-order valence-electron chi connectivity index (χ0n) is 11.5. The quantitative estimate of drug-likeness (QED) is 0.913. The molecule has 1 saturated carbocycles. The van der Waals surface area contributed by atoms with Crippen LogP contribution in [0.15, 0.2) is 48.7 Å². The second-order valence-corrected chi connectivity index (χ2v) is 5.42. The normalized spacial score (nSPS) is 21.8. The van der Waals surface area contributed by atoms with E-state index in [1.54, 1.807) is 18.3 Å². The summed E-state index contributed by atoms with van der Waals surface area (Å²) in [6.07, 6.45) is 2.95. The van der Waals surface area contributed by atoms with Gasteiger partial charge in [0.05, 0.1) is 11.6 Å². The highest BCUT2D eigenvalue weighted by atomic mass is 15.0. The van der Waals surface area contributed by atoms with Gasteiger partial charge in [-0.3, -0.25) is 0 Å². The molecule has 0 amide bonds. The molecule has 100 valence electrons. The SMILES string of the molecule is CC1CC1C(Nc1ncccc1C#N)c1ccccc1. The van der Waals surface area contributed by atoms with Crippen LogP contribution in [0.25, 0.3) is 0 Å². The van der Waals surface area contributed by atoms with Crippen molar-refractivity contribution in [3.05, 3.63) is 59.8 Å². The molecule has 3 heteroatoms. The van der Waals surface area contributed by atoms with Crippen LogP contribution in [0.1, 0.15) is 30.5 Å². The lowest BCUT2D eigenvalue weighted by molar-refractivity contribution is 0.629. The van der Waals surface area contributed by atoms with Gasteiger partial charge in [-0.05, 0) is 36.0 Å². The first-order valence-corrected chi connectivity index (χ1v) is 6.96. The van der Waals surface area contributed by atoms with E-state index < -0.39 is 0 Å². The molecule has 2 aromatic rings. The number of anilines is 1. The fraction of sp³-hybridized carbons (Fsp3) is 0.294. The van der Waals surface area contributed by atoms with Crippen LogP contribution in [0.2, 0.25) is 0 Å². The van der Waals surface area contributed by atoms with Gasteiger partial charge in [-0.1, -0.05) is 37.3 Å². The maximum atomic E-state index is 9.18. The number of benzene rings is 1. The Morgan fingerprint density at radius 2 is 2.00 bits per heavy atom. The number of hydrogen-bond donors (Lipinski definition) is 1. The Morgan fingerprint density at radius 3 is 2.65 bits per heavy atom. The van der Waals surface area contributed by atoms with Crippen molar-refractivity contribution in [1.29, 1.82) is 5.26 Å². The third kappa shape index (κ3) is 2.50. The summed E-state index contributed by atoms with van der Waals surface area (Å²) >= 11 is 0. The van der Waals surface area contributed by atoms with Gasteiger partial charge in [-0.25, -0.2) is 4.98 Å². The molecule has 0 bridgehead atoms. The van der Waals surface area contributed by atoms with E-state index in [2.05, 4.69) is 47.6 Å². The molecule has 0 saturated heterocycles. The fourth-order valence-electron chi connectivity index (χ4n) is 2.67. The topological polar surface area (TPSA) is 48.7 Å². The minimum absolute atomic E-state index is 0.230. The summed E-state index contributed by atoms with van der Waals surface area (Å²) in [6.45, 7) is 2.27. The molecule has 0 spiro atoms. The first kappa shape index (κ1) is 12.7. The van der Waals surface area contributed by atoms with E-state index in [0.717, 1.165) is 5.92 Å². The van der Waals surface area contributed by atoms with Crippen LogP contribution < -0.4 is 5.32 Å². The van der Waals surface area contributed by atoms with Crippen molar-refractivity contribution >= 4 is 5.82 Å². The minimum Gasteiger partial charge on any atom is -0.362 e. The van der Waals surface area contributed by atoms with E-state index >= 15 is 0 Å². The average Bonchev–Trinajstić information content (AvgIpc) is 3.22. The Balaban J connectivity index is 1.90. The van der Waals surface area contributed by atoms with Crippen LogP contribution in [0.4, 0.5) is 5.82 Å².